The molecule has 1 atom stereocenters. The number of hydrogen-bond donors (Lipinski definition) is 3. The summed E-state index contributed by atoms with van der Waals surface area (Å²) in [7, 11) is 0. The lowest BCUT2D eigenvalue weighted by Crippen LogP contribution is -2.44. The SMILES string of the molecule is C[C@@H]1COCCN1c1cc(C2=CCNCC2)c2c(N)nn(-c3ccn[nH]3)c2n1. The van der Waals surface area contributed by atoms with Gasteiger partial charge in [-0.1, -0.05) is 6.08 Å². The molecule has 146 valence electrons. The number of morpholine rings is 1. The third-order valence-corrected chi connectivity index (χ3v) is 5.44. The first kappa shape index (κ1) is 17.2. The molecule has 3 aromatic rings. The standard InChI is InChI=1S/C19H24N8O/c1-12-11-28-9-8-26(12)16-10-14(13-2-5-21-6-3-13)17-18(20)25-27(19(17)23-16)15-4-7-22-24-15/h2,4,7,10,12,21H,3,5-6,8-9,11H2,1H3,(H2,20,25)(H,22,24)/t12-/m1/s1. The average molecular weight is 380 g/mol. The van der Waals surface area contributed by atoms with Crippen LogP contribution in [0, 0.1) is 0 Å². The number of pyridine rings is 1. The third kappa shape index (κ3) is 2.83. The van der Waals surface area contributed by atoms with Gasteiger partial charge in [-0.15, -0.1) is 5.10 Å². The molecule has 4 N–H and O–H groups in total. The van der Waals surface area contributed by atoms with Gasteiger partial charge in [-0.05, 0) is 37.1 Å². The van der Waals surface area contributed by atoms with Crippen LogP contribution in [0.3, 0.4) is 0 Å². The molecule has 28 heavy (non-hydrogen) atoms. The third-order valence-electron chi connectivity index (χ3n) is 5.44. The van der Waals surface area contributed by atoms with Gasteiger partial charge in [-0.3, -0.25) is 5.10 Å². The molecule has 0 amide bonds. The average Bonchev–Trinajstić information content (AvgIpc) is 3.37. The Kier molecular flexibility index (Phi) is 4.25. The topological polar surface area (TPSA) is 110 Å². The summed E-state index contributed by atoms with van der Waals surface area (Å²) in [5.74, 6) is 2.15. The number of aromatic amines is 1. The molecule has 3 aromatic heterocycles. The lowest BCUT2D eigenvalue weighted by Gasteiger charge is -2.34. The molecule has 9 heteroatoms. The Bertz CT molecular complexity index is 1020. The van der Waals surface area contributed by atoms with Gasteiger partial charge < -0.3 is 20.7 Å². The maximum atomic E-state index is 6.36. The van der Waals surface area contributed by atoms with Crippen molar-refractivity contribution in [1.82, 2.24) is 30.3 Å². The van der Waals surface area contributed by atoms with E-state index in [1.54, 1.807) is 10.9 Å². The number of rotatable bonds is 3. The zero-order chi connectivity index (χ0) is 19.1. The number of H-pyrrole nitrogens is 1. The number of nitrogens with two attached hydrogens (primary N) is 1. The number of nitrogens with one attached hydrogen (secondary N) is 2. The van der Waals surface area contributed by atoms with Crippen LogP contribution in [0.15, 0.2) is 24.4 Å². The summed E-state index contributed by atoms with van der Waals surface area (Å²) in [6.45, 7) is 6.19. The van der Waals surface area contributed by atoms with Gasteiger partial charge in [0.2, 0.25) is 0 Å². The lowest BCUT2D eigenvalue weighted by atomic mass is 9.98. The Balaban J connectivity index is 1.75. The number of nitrogens with zero attached hydrogens (tertiary/aromatic N) is 5. The summed E-state index contributed by atoms with van der Waals surface area (Å²) in [5, 5.41) is 15.9. The van der Waals surface area contributed by atoms with E-state index in [0.717, 1.165) is 54.3 Å². The number of ether oxygens (including phenoxy) is 1. The van der Waals surface area contributed by atoms with E-state index in [2.05, 4.69) is 44.6 Å². The normalized spacial score (nSPS) is 20.5. The van der Waals surface area contributed by atoms with Gasteiger partial charge in [0.1, 0.15) is 5.82 Å². The predicted octanol–water partition coefficient (Wildman–Crippen LogP) is 1.33. The van der Waals surface area contributed by atoms with Crippen LogP contribution in [0.2, 0.25) is 0 Å². The molecule has 0 saturated carbocycles. The van der Waals surface area contributed by atoms with Crippen LogP contribution in [0.1, 0.15) is 18.9 Å². The van der Waals surface area contributed by atoms with E-state index in [1.807, 2.05) is 6.07 Å². The molecule has 5 rings (SSSR count). The molecule has 0 aromatic carbocycles. The maximum absolute atomic E-state index is 6.36. The molecule has 5 heterocycles. The van der Waals surface area contributed by atoms with Gasteiger partial charge >= 0.3 is 0 Å². The van der Waals surface area contributed by atoms with Gasteiger partial charge in [0, 0.05) is 19.2 Å². The summed E-state index contributed by atoms with van der Waals surface area (Å²) in [6, 6.07) is 4.28. The first-order valence-corrected chi connectivity index (χ1v) is 9.66. The Hall–Kier alpha value is -2.91. The zero-order valence-electron chi connectivity index (χ0n) is 15.9. The van der Waals surface area contributed by atoms with Crippen LogP contribution in [0.4, 0.5) is 11.6 Å². The molecule has 9 nitrogen and oxygen atoms in total. The predicted molar refractivity (Wildman–Crippen MR) is 109 cm³/mol. The van der Waals surface area contributed by atoms with Crippen LogP contribution >= 0.6 is 0 Å². The minimum Gasteiger partial charge on any atom is -0.382 e. The number of anilines is 2. The summed E-state index contributed by atoms with van der Waals surface area (Å²) in [6.07, 6.45) is 4.88. The van der Waals surface area contributed by atoms with Gasteiger partial charge in [-0.25, -0.2) is 4.98 Å². The van der Waals surface area contributed by atoms with Gasteiger partial charge in [0.15, 0.2) is 17.3 Å². The monoisotopic (exact) mass is 380 g/mol. The summed E-state index contributed by atoms with van der Waals surface area (Å²) in [5.41, 5.74) is 9.50. The van der Waals surface area contributed by atoms with Crippen molar-refractivity contribution in [3.8, 4) is 5.82 Å². The fraction of sp³-hybridized carbons (Fsp3) is 0.421. The van der Waals surface area contributed by atoms with Crippen molar-refractivity contribution in [2.75, 3.05) is 43.5 Å². The minimum atomic E-state index is 0.259. The second kappa shape index (κ2) is 6.92. The van der Waals surface area contributed by atoms with E-state index in [9.17, 15) is 0 Å². The van der Waals surface area contributed by atoms with E-state index in [1.165, 1.54) is 5.57 Å². The molecular formula is C19H24N8O. The smallest absolute Gasteiger partial charge is 0.169 e. The van der Waals surface area contributed by atoms with Crippen LogP contribution in [0.5, 0.6) is 0 Å². The van der Waals surface area contributed by atoms with E-state index in [0.29, 0.717) is 19.0 Å². The molecule has 0 aliphatic carbocycles. The second-order valence-electron chi connectivity index (χ2n) is 7.27. The van der Waals surface area contributed by atoms with Crippen molar-refractivity contribution < 1.29 is 4.74 Å². The highest BCUT2D eigenvalue weighted by atomic mass is 16.5. The van der Waals surface area contributed by atoms with Crippen molar-refractivity contribution >= 4 is 28.2 Å². The fourth-order valence-corrected chi connectivity index (χ4v) is 4.00. The van der Waals surface area contributed by atoms with Crippen LogP contribution in [0.25, 0.3) is 22.4 Å². The molecule has 0 spiro atoms. The van der Waals surface area contributed by atoms with Crippen molar-refractivity contribution in [3.05, 3.63) is 30.0 Å². The summed E-state index contributed by atoms with van der Waals surface area (Å²) in [4.78, 5) is 7.28. The largest absolute Gasteiger partial charge is 0.382 e. The first-order valence-electron chi connectivity index (χ1n) is 9.66. The van der Waals surface area contributed by atoms with Crippen LogP contribution < -0.4 is 16.0 Å². The molecule has 1 fully saturated rings. The summed E-state index contributed by atoms with van der Waals surface area (Å²) < 4.78 is 7.36. The van der Waals surface area contributed by atoms with Crippen molar-refractivity contribution in [1.29, 1.82) is 0 Å². The zero-order valence-corrected chi connectivity index (χ0v) is 15.9. The summed E-state index contributed by atoms with van der Waals surface area (Å²) >= 11 is 0. The number of hydrogen-bond acceptors (Lipinski definition) is 7. The Morgan fingerprint density at radius 2 is 2.29 bits per heavy atom. The minimum absolute atomic E-state index is 0.259. The van der Waals surface area contributed by atoms with Crippen molar-refractivity contribution in [2.24, 2.45) is 0 Å². The van der Waals surface area contributed by atoms with Crippen LogP contribution in [-0.4, -0.2) is 63.9 Å². The second-order valence-corrected chi connectivity index (χ2v) is 7.27. The van der Waals surface area contributed by atoms with E-state index >= 15 is 0 Å². The lowest BCUT2D eigenvalue weighted by molar-refractivity contribution is 0.0985. The fourth-order valence-electron chi connectivity index (χ4n) is 4.00. The maximum Gasteiger partial charge on any atom is 0.169 e. The van der Waals surface area contributed by atoms with Gasteiger partial charge in [0.05, 0.1) is 30.8 Å². The first-order chi connectivity index (χ1) is 13.7. The van der Waals surface area contributed by atoms with Crippen LogP contribution in [-0.2, 0) is 4.74 Å². The highest BCUT2D eigenvalue weighted by Gasteiger charge is 2.25. The highest BCUT2D eigenvalue weighted by Crippen LogP contribution is 2.35. The Morgan fingerprint density at radius 1 is 1.36 bits per heavy atom. The van der Waals surface area contributed by atoms with E-state index in [-0.39, 0.29) is 6.04 Å². The van der Waals surface area contributed by atoms with E-state index < -0.39 is 0 Å². The number of nitrogen functional groups attached to an aromatic ring is 1. The molecule has 1 saturated heterocycles. The van der Waals surface area contributed by atoms with Crippen molar-refractivity contribution in [2.45, 2.75) is 19.4 Å². The number of fused-ring (bicyclic) bond motifs is 1. The molecule has 0 radical (unpaired) electrons. The molecule has 0 unspecified atom stereocenters. The Labute approximate surface area is 162 Å². The van der Waals surface area contributed by atoms with Crippen molar-refractivity contribution in [3.63, 3.8) is 0 Å². The molecular weight excluding hydrogens is 356 g/mol. The number of aromatic nitrogens is 5. The molecule has 2 aliphatic heterocycles. The molecule has 0 bridgehead atoms. The van der Waals surface area contributed by atoms with E-state index in [4.69, 9.17) is 15.5 Å². The molecule has 2 aliphatic rings. The highest BCUT2D eigenvalue weighted by molar-refractivity contribution is 5.99. The quantitative estimate of drug-likeness (QED) is 0.629. The van der Waals surface area contributed by atoms with Gasteiger partial charge in [-0.2, -0.15) is 9.78 Å². The Morgan fingerprint density at radius 3 is 3.04 bits per heavy atom. The van der Waals surface area contributed by atoms with Gasteiger partial charge in [0.25, 0.3) is 0 Å².